The number of nitrogens with one attached hydrogen (secondary N) is 1. The number of hydrogen-bond acceptors (Lipinski definition) is 2. The van der Waals surface area contributed by atoms with Crippen LogP contribution < -0.4 is 4.72 Å². The van der Waals surface area contributed by atoms with Gasteiger partial charge in [0.05, 0.1) is 5.75 Å². The van der Waals surface area contributed by atoms with E-state index < -0.39 is 10.0 Å². The Morgan fingerprint density at radius 2 is 2.11 bits per heavy atom. The van der Waals surface area contributed by atoms with Crippen molar-refractivity contribution in [2.24, 2.45) is 11.8 Å². The quantitative estimate of drug-likeness (QED) is 0.921. The highest BCUT2D eigenvalue weighted by Gasteiger charge is 2.40. The van der Waals surface area contributed by atoms with Crippen molar-refractivity contribution in [1.29, 1.82) is 0 Å². The van der Waals surface area contributed by atoms with E-state index in [-0.39, 0.29) is 11.8 Å². The van der Waals surface area contributed by atoms with Gasteiger partial charge >= 0.3 is 0 Å². The zero-order valence-electron chi connectivity index (χ0n) is 11.3. The number of rotatable bonds is 4. The van der Waals surface area contributed by atoms with Crippen molar-refractivity contribution in [2.75, 3.05) is 0 Å². The minimum absolute atomic E-state index is 0.0998. The van der Waals surface area contributed by atoms with Gasteiger partial charge in [-0.1, -0.05) is 36.2 Å². The van der Waals surface area contributed by atoms with E-state index in [9.17, 15) is 8.42 Å². The van der Waals surface area contributed by atoms with Gasteiger partial charge in [0.25, 0.3) is 0 Å². The third-order valence-electron chi connectivity index (χ3n) is 4.51. The molecule has 1 aromatic carbocycles. The average molecular weight is 279 g/mol. The van der Waals surface area contributed by atoms with E-state index in [1.807, 2.05) is 31.2 Å². The standard InChI is InChI=1S/C15H21NO2S/c1-11-3-2-4-13(7-11)10-19(17,18)16-15-9-12-5-6-14(15)8-12/h2-4,7,12,14-16H,5-6,8-10H2,1H3/t12-,14-,15+/m1/s1. The molecular formula is C15H21NO2S. The minimum atomic E-state index is -3.21. The highest BCUT2D eigenvalue weighted by atomic mass is 32.2. The Balaban J connectivity index is 1.66. The lowest BCUT2D eigenvalue weighted by Gasteiger charge is -2.22. The molecule has 0 aliphatic heterocycles. The van der Waals surface area contributed by atoms with Gasteiger partial charge in [-0.15, -0.1) is 0 Å². The van der Waals surface area contributed by atoms with Crippen molar-refractivity contribution in [3.8, 4) is 0 Å². The van der Waals surface area contributed by atoms with Gasteiger partial charge < -0.3 is 0 Å². The Hall–Kier alpha value is -0.870. The normalized spacial score (nSPS) is 29.8. The van der Waals surface area contributed by atoms with Crippen LogP contribution in [0.4, 0.5) is 0 Å². The van der Waals surface area contributed by atoms with E-state index in [0.717, 1.165) is 23.5 Å². The second-order valence-electron chi connectivity index (χ2n) is 6.15. The second kappa shape index (κ2) is 4.91. The van der Waals surface area contributed by atoms with Gasteiger partial charge in [0.1, 0.15) is 0 Å². The number of fused-ring (bicyclic) bond motifs is 2. The van der Waals surface area contributed by atoms with Gasteiger partial charge in [0, 0.05) is 6.04 Å². The van der Waals surface area contributed by atoms with Gasteiger partial charge in [-0.25, -0.2) is 13.1 Å². The maximum absolute atomic E-state index is 12.2. The van der Waals surface area contributed by atoms with E-state index in [1.54, 1.807) is 0 Å². The van der Waals surface area contributed by atoms with Crippen LogP contribution in [0.15, 0.2) is 24.3 Å². The van der Waals surface area contributed by atoms with E-state index in [4.69, 9.17) is 0 Å². The van der Waals surface area contributed by atoms with Crippen molar-refractivity contribution in [3.05, 3.63) is 35.4 Å². The van der Waals surface area contributed by atoms with Crippen LogP contribution in [0.25, 0.3) is 0 Å². The van der Waals surface area contributed by atoms with Crippen molar-refractivity contribution in [2.45, 2.75) is 44.4 Å². The Morgan fingerprint density at radius 3 is 2.74 bits per heavy atom. The molecule has 2 bridgehead atoms. The molecule has 104 valence electrons. The van der Waals surface area contributed by atoms with Gasteiger partial charge in [0.15, 0.2) is 0 Å². The van der Waals surface area contributed by atoms with Gasteiger partial charge in [0.2, 0.25) is 10.0 Å². The summed E-state index contributed by atoms with van der Waals surface area (Å²) in [7, 11) is -3.21. The molecule has 2 saturated carbocycles. The monoisotopic (exact) mass is 279 g/mol. The number of sulfonamides is 1. The van der Waals surface area contributed by atoms with Gasteiger partial charge in [-0.2, -0.15) is 0 Å². The Bertz CT molecular complexity index is 567. The number of benzene rings is 1. The molecule has 0 amide bonds. The molecule has 2 fully saturated rings. The highest BCUT2D eigenvalue weighted by molar-refractivity contribution is 7.88. The molecule has 0 radical (unpaired) electrons. The highest BCUT2D eigenvalue weighted by Crippen LogP contribution is 2.44. The molecule has 0 spiro atoms. The summed E-state index contributed by atoms with van der Waals surface area (Å²) in [6.07, 6.45) is 4.75. The van der Waals surface area contributed by atoms with Crippen LogP contribution in [0.3, 0.4) is 0 Å². The van der Waals surface area contributed by atoms with Crippen molar-refractivity contribution < 1.29 is 8.42 Å². The molecule has 0 saturated heterocycles. The molecule has 2 aliphatic carbocycles. The first-order chi connectivity index (χ1) is 9.02. The summed E-state index contributed by atoms with van der Waals surface area (Å²) in [5.74, 6) is 1.44. The second-order valence-corrected chi connectivity index (χ2v) is 7.90. The molecule has 1 N–H and O–H groups in total. The van der Waals surface area contributed by atoms with Gasteiger partial charge in [-0.3, -0.25) is 0 Å². The Morgan fingerprint density at radius 1 is 1.26 bits per heavy atom. The summed E-state index contributed by atoms with van der Waals surface area (Å²) in [4.78, 5) is 0. The van der Waals surface area contributed by atoms with Crippen molar-refractivity contribution in [3.63, 3.8) is 0 Å². The van der Waals surface area contributed by atoms with Crippen LogP contribution in [0.2, 0.25) is 0 Å². The maximum atomic E-state index is 12.2. The van der Waals surface area contributed by atoms with E-state index in [2.05, 4.69) is 4.72 Å². The van der Waals surface area contributed by atoms with Crippen LogP contribution in [0.5, 0.6) is 0 Å². The zero-order chi connectivity index (χ0) is 13.5. The first kappa shape index (κ1) is 13.1. The van der Waals surface area contributed by atoms with Crippen LogP contribution >= 0.6 is 0 Å². The van der Waals surface area contributed by atoms with Crippen LogP contribution in [-0.2, 0) is 15.8 Å². The number of aryl methyl sites for hydroxylation is 1. The molecule has 4 heteroatoms. The molecule has 3 atom stereocenters. The van der Waals surface area contributed by atoms with Gasteiger partial charge in [-0.05, 0) is 43.6 Å². The third kappa shape index (κ3) is 3.00. The summed E-state index contributed by atoms with van der Waals surface area (Å²) < 4.78 is 27.4. The molecule has 2 aliphatic rings. The van der Waals surface area contributed by atoms with E-state index in [0.29, 0.717) is 5.92 Å². The molecule has 0 aromatic heterocycles. The summed E-state index contributed by atoms with van der Waals surface area (Å²) in [6.45, 7) is 1.99. The lowest BCUT2D eigenvalue weighted by Crippen LogP contribution is -2.39. The van der Waals surface area contributed by atoms with Crippen LogP contribution in [0, 0.1) is 18.8 Å². The molecule has 0 heterocycles. The van der Waals surface area contributed by atoms with E-state index in [1.165, 1.54) is 19.3 Å². The molecule has 3 nitrogen and oxygen atoms in total. The third-order valence-corrected chi connectivity index (χ3v) is 5.88. The topological polar surface area (TPSA) is 46.2 Å². The lowest BCUT2D eigenvalue weighted by atomic mass is 9.96. The molecule has 3 rings (SSSR count). The SMILES string of the molecule is Cc1cccc(CS(=O)(=O)N[C@H]2C[C@@H]3CC[C@@H]2C3)c1. The largest absolute Gasteiger partial charge is 0.216 e. The molecule has 0 unspecified atom stereocenters. The number of hydrogen-bond donors (Lipinski definition) is 1. The Labute approximate surface area is 115 Å². The Kier molecular flexibility index (Phi) is 3.39. The van der Waals surface area contributed by atoms with E-state index >= 15 is 0 Å². The van der Waals surface area contributed by atoms with Crippen LogP contribution in [-0.4, -0.2) is 14.5 Å². The first-order valence-corrected chi connectivity index (χ1v) is 8.72. The van der Waals surface area contributed by atoms with Crippen molar-refractivity contribution >= 4 is 10.0 Å². The van der Waals surface area contributed by atoms with Crippen LogP contribution in [0.1, 0.15) is 36.8 Å². The maximum Gasteiger partial charge on any atom is 0.216 e. The fourth-order valence-corrected chi connectivity index (χ4v) is 5.13. The van der Waals surface area contributed by atoms with Crippen molar-refractivity contribution in [1.82, 2.24) is 4.72 Å². The summed E-state index contributed by atoms with van der Waals surface area (Å²) >= 11 is 0. The minimum Gasteiger partial charge on any atom is -0.212 e. The lowest BCUT2D eigenvalue weighted by molar-refractivity contribution is 0.390. The average Bonchev–Trinajstić information content (AvgIpc) is 2.89. The first-order valence-electron chi connectivity index (χ1n) is 7.07. The predicted octanol–water partition coefficient (Wildman–Crippen LogP) is 2.60. The molecule has 19 heavy (non-hydrogen) atoms. The zero-order valence-corrected chi connectivity index (χ0v) is 12.1. The summed E-state index contributed by atoms with van der Waals surface area (Å²) in [6, 6.07) is 7.91. The fraction of sp³-hybridized carbons (Fsp3) is 0.600. The molecular weight excluding hydrogens is 258 g/mol. The summed E-state index contributed by atoms with van der Waals surface area (Å²) in [5, 5.41) is 0. The summed E-state index contributed by atoms with van der Waals surface area (Å²) in [5.41, 5.74) is 1.98. The molecule has 1 aromatic rings. The fourth-order valence-electron chi connectivity index (χ4n) is 3.68. The smallest absolute Gasteiger partial charge is 0.212 e. The predicted molar refractivity (Wildman–Crippen MR) is 76.2 cm³/mol.